The summed E-state index contributed by atoms with van der Waals surface area (Å²) in [6.07, 6.45) is 3.60. The van der Waals surface area contributed by atoms with Crippen LogP contribution >= 0.6 is 0 Å². The van der Waals surface area contributed by atoms with Gasteiger partial charge in [0.1, 0.15) is 6.04 Å². The predicted octanol–water partition coefficient (Wildman–Crippen LogP) is 0.690. The maximum atomic E-state index is 11.4. The van der Waals surface area contributed by atoms with Crippen molar-refractivity contribution in [2.24, 2.45) is 5.92 Å². The van der Waals surface area contributed by atoms with E-state index in [9.17, 15) is 4.79 Å². The SMILES string of the molecule is CCOC(=O)[C@@H]1N[C@H]2CC[C@H]1C2. The topological polar surface area (TPSA) is 38.3 Å². The first-order valence-electron chi connectivity index (χ1n) is 4.74. The molecule has 1 heterocycles. The van der Waals surface area contributed by atoms with Crippen LogP contribution in [0.5, 0.6) is 0 Å². The molecule has 12 heavy (non-hydrogen) atoms. The van der Waals surface area contributed by atoms with Gasteiger partial charge in [-0.3, -0.25) is 4.79 Å². The summed E-state index contributed by atoms with van der Waals surface area (Å²) in [4.78, 5) is 11.4. The molecule has 2 fully saturated rings. The summed E-state index contributed by atoms with van der Waals surface area (Å²) < 4.78 is 4.98. The number of hydrogen-bond acceptors (Lipinski definition) is 3. The second-order valence-electron chi connectivity index (χ2n) is 3.67. The predicted molar refractivity (Wildman–Crippen MR) is 44.7 cm³/mol. The minimum absolute atomic E-state index is 0.00343. The fourth-order valence-electron chi connectivity index (χ4n) is 2.35. The van der Waals surface area contributed by atoms with E-state index in [1.807, 2.05) is 6.92 Å². The van der Waals surface area contributed by atoms with Gasteiger partial charge in [0.05, 0.1) is 6.61 Å². The lowest BCUT2D eigenvalue weighted by Crippen LogP contribution is -2.42. The number of fused-ring (bicyclic) bond motifs is 2. The Morgan fingerprint density at radius 1 is 1.58 bits per heavy atom. The first-order chi connectivity index (χ1) is 5.81. The number of nitrogens with one attached hydrogen (secondary N) is 1. The fourth-order valence-corrected chi connectivity index (χ4v) is 2.35. The van der Waals surface area contributed by atoms with Gasteiger partial charge in [0, 0.05) is 6.04 Å². The Labute approximate surface area is 72.5 Å². The number of ether oxygens (including phenoxy) is 1. The van der Waals surface area contributed by atoms with Gasteiger partial charge in [-0.1, -0.05) is 0 Å². The van der Waals surface area contributed by atoms with Crippen LogP contribution in [0.15, 0.2) is 0 Å². The van der Waals surface area contributed by atoms with Crippen LogP contribution in [0.1, 0.15) is 26.2 Å². The van der Waals surface area contributed by atoms with Crippen molar-refractivity contribution in [3.63, 3.8) is 0 Å². The molecule has 0 aromatic rings. The first kappa shape index (κ1) is 8.05. The molecule has 1 saturated heterocycles. The quantitative estimate of drug-likeness (QED) is 0.618. The Morgan fingerprint density at radius 2 is 2.42 bits per heavy atom. The van der Waals surface area contributed by atoms with Crippen LogP contribution in [-0.2, 0) is 9.53 Å². The highest BCUT2D eigenvalue weighted by Gasteiger charge is 2.43. The van der Waals surface area contributed by atoms with Gasteiger partial charge in [-0.15, -0.1) is 0 Å². The van der Waals surface area contributed by atoms with Crippen LogP contribution in [0.2, 0.25) is 0 Å². The lowest BCUT2D eigenvalue weighted by atomic mass is 10.0. The van der Waals surface area contributed by atoms with E-state index in [-0.39, 0.29) is 12.0 Å². The molecule has 3 heteroatoms. The van der Waals surface area contributed by atoms with Crippen molar-refractivity contribution in [2.75, 3.05) is 6.61 Å². The summed E-state index contributed by atoms with van der Waals surface area (Å²) in [5, 5.41) is 3.30. The fraction of sp³-hybridized carbons (Fsp3) is 0.889. The second kappa shape index (κ2) is 3.05. The number of piperidine rings is 1. The summed E-state index contributed by atoms with van der Waals surface area (Å²) in [6, 6.07) is 0.591. The van der Waals surface area contributed by atoms with Gasteiger partial charge in [-0.25, -0.2) is 0 Å². The zero-order valence-electron chi connectivity index (χ0n) is 7.38. The molecule has 0 aromatic heterocycles. The van der Waals surface area contributed by atoms with E-state index in [0.717, 1.165) is 0 Å². The van der Waals surface area contributed by atoms with Gasteiger partial charge in [0.15, 0.2) is 0 Å². The zero-order chi connectivity index (χ0) is 8.55. The summed E-state index contributed by atoms with van der Waals surface area (Å²) >= 11 is 0. The first-order valence-corrected chi connectivity index (χ1v) is 4.74. The van der Waals surface area contributed by atoms with Gasteiger partial charge < -0.3 is 10.1 Å². The smallest absolute Gasteiger partial charge is 0.323 e. The van der Waals surface area contributed by atoms with Crippen LogP contribution < -0.4 is 5.32 Å². The Bertz CT molecular complexity index is 193. The van der Waals surface area contributed by atoms with E-state index >= 15 is 0 Å². The van der Waals surface area contributed by atoms with Crippen molar-refractivity contribution in [3.05, 3.63) is 0 Å². The minimum Gasteiger partial charge on any atom is -0.465 e. The van der Waals surface area contributed by atoms with Crippen LogP contribution in [-0.4, -0.2) is 24.7 Å². The molecule has 2 aliphatic rings. The Balaban J connectivity index is 1.93. The van der Waals surface area contributed by atoms with Crippen LogP contribution in [0.25, 0.3) is 0 Å². The maximum Gasteiger partial charge on any atom is 0.323 e. The van der Waals surface area contributed by atoms with Gasteiger partial charge in [0.25, 0.3) is 0 Å². The number of rotatable bonds is 2. The highest BCUT2D eigenvalue weighted by molar-refractivity contribution is 5.76. The van der Waals surface area contributed by atoms with Crippen LogP contribution in [0, 0.1) is 5.92 Å². The molecule has 1 aliphatic heterocycles. The average Bonchev–Trinajstić information content (AvgIpc) is 2.64. The van der Waals surface area contributed by atoms with Crippen molar-refractivity contribution in [1.82, 2.24) is 5.32 Å². The molecule has 2 bridgehead atoms. The monoisotopic (exact) mass is 169 g/mol. The molecule has 1 aliphatic carbocycles. The Morgan fingerprint density at radius 3 is 2.92 bits per heavy atom. The number of esters is 1. The van der Waals surface area contributed by atoms with Gasteiger partial charge in [-0.2, -0.15) is 0 Å². The maximum absolute atomic E-state index is 11.4. The lowest BCUT2D eigenvalue weighted by molar-refractivity contribution is -0.146. The van der Waals surface area contributed by atoms with E-state index in [1.165, 1.54) is 19.3 Å². The third-order valence-electron chi connectivity index (χ3n) is 2.90. The molecular weight excluding hydrogens is 154 g/mol. The average molecular weight is 169 g/mol. The van der Waals surface area contributed by atoms with Crippen LogP contribution in [0.4, 0.5) is 0 Å². The van der Waals surface area contributed by atoms with Gasteiger partial charge in [-0.05, 0) is 32.1 Å². The molecule has 0 aromatic carbocycles. The second-order valence-corrected chi connectivity index (χ2v) is 3.67. The van der Waals surface area contributed by atoms with E-state index in [4.69, 9.17) is 4.74 Å². The number of hydrogen-bond donors (Lipinski definition) is 1. The largest absolute Gasteiger partial charge is 0.465 e. The molecule has 68 valence electrons. The molecule has 3 atom stereocenters. The molecule has 0 unspecified atom stereocenters. The van der Waals surface area contributed by atoms with Crippen molar-refractivity contribution >= 4 is 5.97 Å². The minimum atomic E-state index is -0.0512. The zero-order valence-corrected chi connectivity index (χ0v) is 7.38. The van der Waals surface area contributed by atoms with Crippen LogP contribution in [0.3, 0.4) is 0 Å². The Hall–Kier alpha value is -0.570. The molecule has 0 amide bonds. The van der Waals surface area contributed by atoms with Gasteiger partial charge >= 0.3 is 5.97 Å². The van der Waals surface area contributed by atoms with E-state index in [0.29, 0.717) is 18.6 Å². The molecule has 3 nitrogen and oxygen atoms in total. The van der Waals surface area contributed by atoms with E-state index < -0.39 is 0 Å². The third-order valence-corrected chi connectivity index (χ3v) is 2.90. The molecule has 1 saturated carbocycles. The normalized spacial score (nSPS) is 38.6. The summed E-state index contributed by atoms with van der Waals surface area (Å²) in [7, 11) is 0. The highest BCUT2D eigenvalue weighted by atomic mass is 16.5. The van der Waals surface area contributed by atoms with Crippen molar-refractivity contribution in [1.29, 1.82) is 0 Å². The number of carbonyl (C=O) groups is 1. The Kier molecular flexibility index (Phi) is 2.05. The molecule has 0 radical (unpaired) electrons. The molecular formula is C9H15NO2. The highest BCUT2D eigenvalue weighted by Crippen LogP contribution is 2.35. The number of carbonyl (C=O) groups excluding carboxylic acids is 1. The summed E-state index contributed by atoms with van der Waals surface area (Å²) in [5.74, 6) is 0.499. The third kappa shape index (κ3) is 1.22. The van der Waals surface area contributed by atoms with Crippen molar-refractivity contribution in [3.8, 4) is 0 Å². The summed E-state index contributed by atoms with van der Waals surface area (Å²) in [6.45, 7) is 2.35. The standard InChI is InChI=1S/C9H15NO2/c1-2-12-9(11)8-6-3-4-7(5-6)10-8/h6-8,10H,2-5H2,1H3/t6-,7-,8+/m0/s1. The van der Waals surface area contributed by atoms with Crippen molar-refractivity contribution in [2.45, 2.75) is 38.3 Å². The lowest BCUT2D eigenvalue weighted by Gasteiger charge is -2.20. The van der Waals surface area contributed by atoms with E-state index in [1.54, 1.807) is 0 Å². The molecule has 2 rings (SSSR count). The van der Waals surface area contributed by atoms with Crippen molar-refractivity contribution < 1.29 is 9.53 Å². The summed E-state index contributed by atoms with van der Waals surface area (Å²) in [5.41, 5.74) is 0. The van der Waals surface area contributed by atoms with E-state index in [2.05, 4.69) is 5.32 Å². The molecule has 1 N–H and O–H groups in total. The molecule has 0 spiro atoms. The van der Waals surface area contributed by atoms with Gasteiger partial charge in [0.2, 0.25) is 0 Å².